The molecule has 0 saturated heterocycles. The van der Waals surface area contributed by atoms with Crippen molar-refractivity contribution in [3.63, 3.8) is 0 Å². The van der Waals surface area contributed by atoms with Gasteiger partial charge in [-0.05, 0) is 0 Å². The van der Waals surface area contributed by atoms with Gasteiger partial charge in [-0.1, -0.05) is 0 Å². The Kier molecular flexibility index (Phi) is 24.7. The quantitative estimate of drug-likeness (QED) is 0.440. The number of halogens is 2. The van der Waals surface area contributed by atoms with Gasteiger partial charge in [0.2, 0.25) is 0 Å². The largest absolute Gasteiger partial charge is 0.328 e. The van der Waals surface area contributed by atoms with Crippen LogP contribution in [0.4, 0.5) is 0 Å². The molecule has 0 unspecified atom stereocenters. The van der Waals surface area contributed by atoms with Gasteiger partial charge < -0.3 is 5.21 Å². The molecule has 6 heavy (non-hydrogen) atoms. The van der Waals surface area contributed by atoms with E-state index < -0.39 is 5.09 Å². The lowest BCUT2D eigenvalue weighted by Gasteiger charge is -1.56. The highest BCUT2D eigenvalue weighted by molar-refractivity contribution is 8.93. The summed E-state index contributed by atoms with van der Waals surface area (Å²) in [6.45, 7) is 0. The molecule has 0 amide bonds. The van der Waals surface area contributed by atoms with E-state index in [0.29, 0.717) is 0 Å². The zero-order valence-electron chi connectivity index (χ0n) is 2.53. The first-order valence-corrected chi connectivity index (χ1v) is 0.565. The van der Waals surface area contributed by atoms with Crippen LogP contribution in [0.3, 0.4) is 0 Å². The molecular weight excluding hydrogens is 177 g/mol. The molecule has 40 valence electrons. The number of nitrogens with zero attached hydrogens (tertiary/aromatic N) is 1. The van der Waals surface area contributed by atoms with Crippen molar-refractivity contribution in [2.75, 3.05) is 0 Å². The molecule has 0 aliphatic carbocycles. The van der Waals surface area contributed by atoms with E-state index in [9.17, 15) is 0 Å². The lowest BCUT2D eigenvalue weighted by molar-refractivity contribution is -0.742. The second-order valence-electron chi connectivity index (χ2n) is 0.238. The summed E-state index contributed by atoms with van der Waals surface area (Å²) in [6.07, 6.45) is 0. The van der Waals surface area contributed by atoms with Gasteiger partial charge in [0.05, 0.1) is 0 Å². The topological polar surface area (TPSA) is 63.4 Å². The molecule has 1 N–H and O–H groups in total. The SMILES string of the molecule is Br.Cl.O=[N+]([O-])O. The maximum atomic E-state index is 8.36. The van der Waals surface area contributed by atoms with Gasteiger partial charge in [0.1, 0.15) is 0 Å². The number of hydrogen-bond donors (Lipinski definition) is 1. The first-order valence-electron chi connectivity index (χ1n) is 0.565. The first kappa shape index (κ1) is 16.7. The van der Waals surface area contributed by atoms with E-state index in [4.69, 9.17) is 15.3 Å². The Hall–Kier alpha value is -0.0300. The van der Waals surface area contributed by atoms with Gasteiger partial charge >= 0.3 is 0 Å². The van der Waals surface area contributed by atoms with Crippen LogP contribution in [0.25, 0.3) is 0 Å². The molecule has 6 heteroatoms. The van der Waals surface area contributed by atoms with Crippen LogP contribution in [0.1, 0.15) is 0 Å². The molecule has 0 heterocycles. The molecular formula is H3BrClNO3. The molecule has 0 fully saturated rings. The third-order valence-electron chi connectivity index (χ3n) is 0. The highest BCUT2D eigenvalue weighted by atomic mass is 79.9. The van der Waals surface area contributed by atoms with Gasteiger partial charge in [-0.2, -0.15) is 0 Å². The zero-order valence-corrected chi connectivity index (χ0v) is 5.06. The third kappa shape index (κ3) is 38900. The molecule has 0 bridgehead atoms. The third-order valence-corrected chi connectivity index (χ3v) is 0. The number of hydrogen-bond acceptors (Lipinski definition) is 2. The average molecular weight is 180 g/mol. The normalized spacial score (nSPS) is 4.00. The zero-order chi connectivity index (χ0) is 3.58. The van der Waals surface area contributed by atoms with Crippen molar-refractivity contribution in [3.8, 4) is 0 Å². The Balaban J connectivity index is -0.0000000450. The second kappa shape index (κ2) is 8.88. The molecule has 0 aliphatic heterocycles. The lowest BCUT2D eigenvalue weighted by Crippen LogP contribution is -1.81. The van der Waals surface area contributed by atoms with E-state index in [1.54, 1.807) is 0 Å². The molecule has 0 aromatic rings. The number of rotatable bonds is 0. The molecule has 0 aliphatic rings. The van der Waals surface area contributed by atoms with Gasteiger partial charge in [-0.25, -0.2) is 0 Å². The van der Waals surface area contributed by atoms with E-state index in [1.165, 1.54) is 0 Å². The summed E-state index contributed by atoms with van der Waals surface area (Å²) in [7, 11) is 0. The summed E-state index contributed by atoms with van der Waals surface area (Å²) in [6, 6.07) is 0. The molecule has 0 atom stereocenters. The summed E-state index contributed by atoms with van der Waals surface area (Å²) in [5.74, 6) is 0. The summed E-state index contributed by atoms with van der Waals surface area (Å²) in [5.41, 5.74) is 0. The van der Waals surface area contributed by atoms with E-state index in [1.807, 2.05) is 0 Å². The smallest absolute Gasteiger partial charge is 0.291 e. The van der Waals surface area contributed by atoms with Crippen LogP contribution in [0.5, 0.6) is 0 Å². The van der Waals surface area contributed by atoms with E-state index in [2.05, 4.69) is 0 Å². The minimum atomic E-state index is -1.50. The Morgan fingerprint density at radius 3 is 1.67 bits per heavy atom. The van der Waals surface area contributed by atoms with Crippen molar-refractivity contribution in [2.45, 2.75) is 0 Å². The minimum Gasteiger partial charge on any atom is -0.328 e. The molecule has 0 radical (unpaired) electrons. The Morgan fingerprint density at radius 1 is 1.67 bits per heavy atom. The fourth-order valence-corrected chi connectivity index (χ4v) is 0. The molecule has 0 rings (SSSR count). The average Bonchev–Trinajstić information content (AvgIpc) is 0.811. The Morgan fingerprint density at radius 2 is 1.67 bits per heavy atom. The van der Waals surface area contributed by atoms with Crippen LogP contribution in [-0.2, 0) is 0 Å². The van der Waals surface area contributed by atoms with Crippen LogP contribution >= 0.6 is 29.4 Å². The van der Waals surface area contributed by atoms with Crippen LogP contribution < -0.4 is 0 Å². The van der Waals surface area contributed by atoms with Crippen LogP contribution in [0, 0.1) is 10.1 Å². The van der Waals surface area contributed by atoms with Gasteiger partial charge in [0.25, 0.3) is 5.09 Å². The molecule has 0 aromatic heterocycles. The minimum absolute atomic E-state index is 0. The maximum absolute atomic E-state index is 8.36. The van der Waals surface area contributed by atoms with Crippen LogP contribution in [0.15, 0.2) is 0 Å². The molecule has 0 aromatic carbocycles. The summed E-state index contributed by atoms with van der Waals surface area (Å²) >= 11 is 0. The summed E-state index contributed by atoms with van der Waals surface area (Å²) in [4.78, 5) is 8.36. The van der Waals surface area contributed by atoms with E-state index in [0.717, 1.165) is 0 Å². The molecule has 0 spiro atoms. The predicted octanol–water partition coefficient (Wildman–Crippen LogP) is 0.652. The van der Waals surface area contributed by atoms with Crippen LogP contribution in [-0.4, -0.2) is 10.3 Å². The van der Waals surface area contributed by atoms with Gasteiger partial charge in [0.15, 0.2) is 0 Å². The fourth-order valence-electron chi connectivity index (χ4n) is 0. The van der Waals surface area contributed by atoms with Crippen molar-refractivity contribution >= 4 is 29.4 Å². The van der Waals surface area contributed by atoms with Crippen molar-refractivity contribution in [3.05, 3.63) is 10.1 Å². The standard InChI is InChI=1S/BrH.ClH.HNO3/c;;2-1(3)4/h2*1H;(H,2,3,4). The fraction of sp³-hybridized carbons (Fsp3) is 0. The van der Waals surface area contributed by atoms with Gasteiger partial charge in [0, 0.05) is 0 Å². The molecule has 0 saturated carbocycles. The van der Waals surface area contributed by atoms with Crippen LogP contribution in [0.2, 0.25) is 0 Å². The monoisotopic (exact) mass is 179 g/mol. The first-order chi connectivity index (χ1) is 1.73. The molecule has 4 nitrogen and oxygen atoms in total. The van der Waals surface area contributed by atoms with E-state index >= 15 is 0 Å². The van der Waals surface area contributed by atoms with Gasteiger partial charge in [-0.3, -0.25) is 0 Å². The lowest BCUT2D eigenvalue weighted by atomic mass is 13.1. The van der Waals surface area contributed by atoms with E-state index in [-0.39, 0.29) is 29.4 Å². The van der Waals surface area contributed by atoms with Crippen molar-refractivity contribution in [2.24, 2.45) is 0 Å². The highest BCUT2D eigenvalue weighted by Crippen LogP contribution is 1.38. The summed E-state index contributed by atoms with van der Waals surface area (Å²) in [5, 5.41) is 13.6. The Bertz CT molecular complexity index is 33.8. The maximum Gasteiger partial charge on any atom is 0.291 e. The van der Waals surface area contributed by atoms with Crippen molar-refractivity contribution < 1.29 is 10.3 Å². The van der Waals surface area contributed by atoms with Gasteiger partial charge in [-0.15, -0.1) is 39.5 Å². The second-order valence-corrected chi connectivity index (χ2v) is 0.238. The van der Waals surface area contributed by atoms with Crippen molar-refractivity contribution in [1.29, 1.82) is 0 Å². The highest BCUT2D eigenvalue weighted by Gasteiger charge is 1.65. The predicted molar refractivity (Wildman–Crippen MR) is 26.4 cm³/mol. The van der Waals surface area contributed by atoms with Crippen molar-refractivity contribution in [1.82, 2.24) is 0 Å². The summed E-state index contributed by atoms with van der Waals surface area (Å²) < 4.78 is 0. The Labute approximate surface area is 50.4 Å².